The maximum absolute atomic E-state index is 6.93. The van der Waals surface area contributed by atoms with Crippen LogP contribution in [0.5, 0.6) is 0 Å². The van der Waals surface area contributed by atoms with Gasteiger partial charge in [0, 0.05) is 72.9 Å². The minimum atomic E-state index is 0.478. The lowest BCUT2D eigenvalue weighted by Crippen LogP contribution is -1.99. The van der Waals surface area contributed by atoms with Gasteiger partial charge >= 0.3 is 0 Å². The molecule has 13 rings (SSSR count). The van der Waals surface area contributed by atoms with E-state index in [1.807, 2.05) is 91.3 Å². The van der Waals surface area contributed by atoms with Crippen molar-refractivity contribution in [3.05, 3.63) is 213 Å². The Morgan fingerprint density at radius 1 is 0.299 bits per heavy atom. The lowest BCUT2D eigenvalue weighted by molar-refractivity contribution is 0.623. The van der Waals surface area contributed by atoms with Crippen LogP contribution in [0.15, 0.2) is 217 Å². The molecule has 5 heterocycles. The van der Waals surface area contributed by atoms with Crippen LogP contribution in [0.3, 0.4) is 0 Å². The molecule has 0 aliphatic carbocycles. The van der Waals surface area contributed by atoms with Crippen molar-refractivity contribution in [3.8, 4) is 79.3 Å². The van der Waals surface area contributed by atoms with Gasteiger partial charge in [0.25, 0.3) is 0 Å². The quantitative estimate of drug-likeness (QED) is 0.146. The van der Waals surface area contributed by atoms with Crippen LogP contribution < -0.4 is 0 Å². The summed E-state index contributed by atoms with van der Waals surface area (Å²) in [5.41, 5.74) is 12.2. The van der Waals surface area contributed by atoms with Gasteiger partial charge in [-0.05, 0) is 65.4 Å². The van der Waals surface area contributed by atoms with Crippen LogP contribution >= 0.6 is 0 Å². The third kappa shape index (κ3) is 6.74. The first-order valence-corrected chi connectivity index (χ1v) is 22.1. The van der Waals surface area contributed by atoms with Crippen molar-refractivity contribution in [2.24, 2.45) is 0 Å². The van der Waals surface area contributed by atoms with Crippen LogP contribution in [0.4, 0.5) is 0 Å². The number of benzene rings is 8. The van der Waals surface area contributed by atoms with Gasteiger partial charge in [-0.1, -0.05) is 146 Å². The Morgan fingerprint density at radius 2 is 0.731 bits per heavy atom. The number of aromatic nitrogens is 7. The Balaban J connectivity index is 1.09. The maximum Gasteiger partial charge on any atom is 0.227 e. The van der Waals surface area contributed by atoms with Gasteiger partial charge in [0.15, 0.2) is 17.2 Å². The molecule has 312 valence electrons. The largest absolute Gasteiger partial charge is 0.435 e. The molecule has 0 radical (unpaired) electrons. The number of nitrogens with zero attached hydrogens (tertiary/aromatic N) is 7. The molecule has 0 saturated heterocycles. The molecule has 13 aromatic rings. The van der Waals surface area contributed by atoms with Gasteiger partial charge < -0.3 is 4.42 Å². The van der Waals surface area contributed by atoms with E-state index in [1.54, 1.807) is 0 Å². The minimum absolute atomic E-state index is 0.478. The van der Waals surface area contributed by atoms with E-state index in [4.69, 9.17) is 39.3 Å². The number of rotatable bonds is 7. The molecule has 8 heteroatoms. The topological polar surface area (TPSA) is 103 Å². The lowest BCUT2D eigenvalue weighted by atomic mass is 9.98. The average molecular weight is 858 g/mol. The first-order valence-electron chi connectivity index (χ1n) is 22.1. The fourth-order valence-corrected chi connectivity index (χ4v) is 9.21. The number of pyridine rings is 2. The maximum atomic E-state index is 6.93. The van der Waals surface area contributed by atoms with Gasteiger partial charge in [0.1, 0.15) is 5.52 Å². The summed E-state index contributed by atoms with van der Waals surface area (Å²) >= 11 is 0. The van der Waals surface area contributed by atoms with Crippen LogP contribution in [-0.4, -0.2) is 34.9 Å². The molecule has 5 aromatic heterocycles. The molecule has 0 amide bonds. The van der Waals surface area contributed by atoms with Crippen molar-refractivity contribution in [2.45, 2.75) is 0 Å². The highest BCUT2D eigenvalue weighted by Crippen LogP contribution is 2.41. The molecule has 0 saturated carbocycles. The van der Waals surface area contributed by atoms with Gasteiger partial charge in [-0.15, -0.1) is 0 Å². The SMILES string of the molecule is c1ccc(-c2cc(-c3cc(-c4cc(-c5ccccc5)nc(-c5cccc6cccnc56)n4)cc(-c4nc5c6ccccc6c6ccccc6c5o4)c3)nc(-c3cccc4cccnc34)n2)cc1. The van der Waals surface area contributed by atoms with E-state index in [0.29, 0.717) is 28.9 Å². The normalized spacial score (nSPS) is 11.6. The monoisotopic (exact) mass is 857 g/mol. The summed E-state index contributed by atoms with van der Waals surface area (Å²) in [5, 5.41) is 6.26. The molecule has 0 bridgehead atoms. The Bertz CT molecular complexity index is 3790. The summed E-state index contributed by atoms with van der Waals surface area (Å²) in [6.45, 7) is 0. The lowest BCUT2D eigenvalue weighted by Gasteiger charge is -2.14. The third-order valence-electron chi connectivity index (χ3n) is 12.4. The zero-order valence-corrected chi connectivity index (χ0v) is 35.7. The van der Waals surface area contributed by atoms with Gasteiger partial charge in [-0.3, -0.25) is 9.97 Å². The Kier molecular flexibility index (Phi) is 8.99. The highest BCUT2D eigenvalue weighted by atomic mass is 16.3. The molecule has 0 unspecified atom stereocenters. The van der Waals surface area contributed by atoms with E-state index in [0.717, 1.165) is 105 Å². The van der Waals surface area contributed by atoms with E-state index in [-0.39, 0.29) is 0 Å². The fourth-order valence-electron chi connectivity index (χ4n) is 9.21. The summed E-state index contributed by atoms with van der Waals surface area (Å²) < 4.78 is 6.93. The predicted molar refractivity (Wildman–Crippen MR) is 269 cm³/mol. The smallest absolute Gasteiger partial charge is 0.227 e. The van der Waals surface area contributed by atoms with Gasteiger partial charge in [0.2, 0.25) is 5.89 Å². The zero-order valence-electron chi connectivity index (χ0n) is 35.7. The van der Waals surface area contributed by atoms with Gasteiger partial charge in [-0.25, -0.2) is 24.9 Å². The summed E-state index contributed by atoms with van der Waals surface area (Å²) in [4.78, 5) is 36.0. The number of oxazole rings is 1. The molecule has 67 heavy (non-hydrogen) atoms. The first kappa shape index (κ1) is 38.2. The average Bonchev–Trinajstić information content (AvgIpc) is 3.87. The number of hydrogen-bond acceptors (Lipinski definition) is 8. The third-order valence-corrected chi connectivity index (χ3v) is 12.4. The van der Waals surface area contributed by atoms with Crippen LogP contribution in [-0.2, 0) is 0 Å². The molecule has 0 aliphatic rings. The molecule has 8 aromatic carbocycles. The summed E-state index contributed by atoms with van der Waals surface area (Å²) in [6, 6.07) is 67.9. The number of hydrogen-bond donors (Lipinski definition) is 0. The highest BCUT2D eigenvalue weighted by molar-refractivity contribution is 6.22. The van der Waals surface area contributed by atoms with Crippen LogP contribution in [0.2, 0.25) is 0 Å². The summed E-state index contributed by atoms with van der Waals surface area (Å²) in [7, 11) is 0. The Labute approximate surface area is 384 Å². The molecular formula is C59H35N7O. The number of para-hydroxylation sites is 2. The molecule has 8 nitrogen and oxygen atoms in total. The van der Waals surface area contributed by atoms with E-state index in [2.05, 4.69) is 121 Å². The second-order valence-corrected chi connectivity index (χ2v) is 16.5. The van der Waals surface area contributed by atoms with Crippen molar-refractivity contribution < 1.29 is 4.42 Å². The standard InChI is InChI=1S/C59H35N7O/c1-3-15-36(16-4-1)49-34-51(64-57(62-49)47-27-11-19-38-21-13-29-60-53(38)47)40-31-41(33-42(32-40)59-66-55-45-25-9-7-23-43(45)44-24-8-10-26-46(44)56(55)67-59)52-35-50(37-17-5-2-6-18-37)63-58(65-52)48-28-12-20-39-22-14-30-61-54(39)48/h1-35H. The molecular weight excluding hydrogens is 823 g/mol. The molecule has 0 aliphatic heterocycles. The highest BCUT2D eigenvalue weighted by Gasteiger charge is 2.21. The summed E-state index contributed by atoms with van der Waals surface area (Å²) in [6.07, 6.45) is 3.62. The first-order chi connectivity index (χ1) is 33.2. The van der Waals surface area contributed by atoms with Crippen molar-refractivity contribution in [1.29, 1.82) is 0 Å². The van der Waals surface area contributed by atoms with Crippen LogP contribution in [0.25, 0.3) is 134 Å². The Hall–Kier alpha value is -9.27. The minimum Gasteiger partial charge on any atom is -0.435 e. The van der Waals surface area contributed by atoms with Crippen LogP contribution in [0.1, 0.15) is 0 Å². The van der Waals surface area contributed by atoms with Crippen molar-refractivity contribution in [3.63, 3.8) is 0 Å². The Morgan fingerprint density at radius 3 is 1.27 bits per heavy atom. The van der Waals surface area contributed by atoms with Crippen LogP contribution in [0, 0.1) is 0 Å². The molecule has 0 N–H and O–H groups in total. The van der Waals surface area contributed by atoms with E-state index < -0.39 is 0 Å². The van der Waals surface area contributed by atoms with Gasteiger partial charge in [-0.2, -0.15) is 0 Å². The van der Waals surface area contributed by atoms with Gasteiger partial charge in [0.05, 0.1) is 33.8 Å². The van der Waals surface area contributed by atoms with Crippen molar-refractivity contribution in [2.75, 3.05) is 0 Å². The molecule has 0 fully saturated rings. The number of fused-ring (bicyclic) bond motifs is 8. The summed E-state index contributed by atoms with van der Waals surface area (Å²) in [5.74, 6) is 1.60. The van der Waals surface area contributed by atoms with E-state index in [9.17, 15) is 0 Å². The molecule has 0 atom stereocenters. The van der Waals surface area contributed by atoms with E-state index >= 15 is 0 Å². The second-order valence-electron chi connectivity index (χ2n) is 16.5. The van der Waals surface area contributed by atoms with Crippen molar-refractivity contribution >= 4 is 54.5 Å². The fraction of sp³-hybridized carbons (Fsp3) is 0. The second kappa shape index (κ2) is 15.8. The predicted octanol–water partition coefficient (Wildman–Crippen LogP) is 14.5. The van der Waals surface area contributed by atoms with E-state index in [1.165, 1.54) is 0 Å². The van der Waals surface area contributed by atoms with Crippen molar-refractivity contribution in [1.82, 2.24) is 34.9 Å². The zero-order chi connectivity index (χ0) is 44.3. The molecule has 0 spiro atoms.